The molecule has 1 aliphatic carbocycles. The molecule has 2 heterocycles. The van der Waals surface area contributed by atoms with Crippen molar-refractivity contribution in [2.45, 2.75) is 57.4 Å². The van der Waals surface area contributed by atoms with Crippen LogP contribution >= 0.6 is 0 Å². The van der Waals surface area contributed by atoms with Gasteiger partial charge in [-0.2, -0.15) is 0 Å². The molecular weight excluding hydrogens is 278 g/mol. The lowest BCUT2D eigenvalue weighted by Gasteiger charge is -2.38. The van der Waals surface area contributed by atoms with E-state index in [1.54, 1.807) is 12.3 Å². The summed E-state index contributed by atoms with van der Waals surface area (Å²) in [7, 11) is 0. The Balaban J connectivity index is 1.85. The van der Waals surface area contributed by atoms with Crippen molar-refractivity contribution < 1.29 is 9.90 Å². The number of nitrogens with zero attached hydrogens (tertiary/aromatic N) is 3. The van der Waals surface area contributed by atoms with Gasteiger partial charge in [0.1, 0.15) is 11.5 Å². The Kier molecular flexibility index (Phi) is 4.17. The lowest BCUT2D eigenvalue weighted by atomic mass is 9.87. The Hall–Kier alpha value is -1.49. The molecule has 0 aromatic carbocycles. The van der Waals surface area contributed by atoms with Gasteiger partial charge >= 0.3 is 0 Å². The van der Waals surface area contributed by atoms with Crippen LogP contribution in [-0.4, -0.2) is 44.6 Å². The van der Waals surface area contributed by atoms with Crippen LogP contribution in [0.1, 0.15) is 68.2 Å². The van der Waals surface area contributed by atoms with Crippen molar-refractivity contribution in [3.05, 3.63) is 23.8 Å². The van der Waals surface area contributed by atoms with Crippen molar-refractivity contribution >= 4 is 5.91 Å². The van der Waals surface area contributed by atoms with Crippen LogP contribution < -0.4 is 0 Å². The van der Waals surface area contributed by atoms with Crippen LogP contribution in [-0.2, 0) is 0 Å². The summed E-state index contributed by atoms with van der Waals surface area (Å²) in [6, 6.07) is 1.70. The number of carbonyl (C=O) groups is 1. The fourth-order valence-electron chi connectivity index (χ4n) is 3.63. The third-order valence-corrected chi connectivity index (χ3v) is 4.76. The van der Waals surface area contributed by atoms with Crippen LogP contribution in [0.3, 0.4) is 0 Å². The first-order valence-corrected chi connectivity index (χ1v) is 8.31. The first-order valence-electron chi connectivity index (χ1n) is 8.31. The molecule has 3 rings (SSSR count). The molecule has 0 radical (unpaired) electrons. The van der Waals surface area contributed by atoms with Gasteiger partial charge in [0.05, 0.1) is 12.1 Å². The van der Waals surface area contributed by atoms with E-state index in [2.05, 4.69) is 23.8 Å². The van der Waals surface area contributed by atoms with Crippen molar-refractivity contribution in [2.75, 3.05) is 13.2 Å². The molecule has 1 saturated heterocycles. The molecule has 2 aliphatic rings. The number of aliphatic hydroxyl groups excluding tert-OH is 1. The molecule has 1 amide bonds. The molecule has 1 atom stereocenters. The zero-order valence-corrected chi connectivity index (χ0v) is 13.5. The Bertz CT molecular complexity index is 557. The third kappa shape index (κ3) is 2.86. The summed E-state index contributed by atoms with van der Waals surface area (Å²) in [4.78, 5) is 23.5. The minimum Gasteiger partial charge on any atom is -0.394 e. The van der Waals surface area contributed by atoms with Crippen LogP contribution in [0.15, 0.2) is 12.3 Å². The topological polar surface area (TPSA) is 66.3 Å². The lowest BCUT2D eigenvalue weighted by Crippen LogP contribution is -2.51. The fourth-order valence-corrected chi connectivity index (χ4v) is 3.63. The summed E-state index contributed by atoms with van der Waals surface area (Å²) < 4.78 is 0. The van der Waals surface area contributed by atoms with E-state index in [1.165, 1.54) is 0 Å². The minimum absolute atomic E-state index is 0.0253. The second-order valence-corrected chi connectivity index (χ2v) is 7.12. The monoisotopic (exact) mass is 303 g/mol. The molecule has 22 heavy (non-hydrogen) atoms. The number of hydrogen-bond donors (Lipinski definition) is 1. The predicted octanol–water partition coefficient (Wildman–Crippen LogP) is 2.37. The van der Waals surface area contributed by atoms with E-state index in [-0.39, 0.29) is 12.5 Å². The zero-order chi connectivity index (χ0) is 15.7. The van der Waals surface area contributed by atoms with E-state index < -0.39 is 5.54 Å². The van der Waals surface area contributed by atoms with Gasteiger partial charge in [-0.05, 0) is 44.1 Å². The van der Waals surface area contributed by atoms with E-state index in [0.717, 1.165) is 37.9 Å². The third-order valence-electron chi connectivity index (χ3n) is 4.76. The maximum Gasteiger partial charge on any atom is 0.273 e. The van der Waals surface area contributed by atoms with Crippen molar-refractivity contribution in [3.63, 3.8) is 0 Å². The molecule has 1 N–H and O–H groups in total. The quantitative estimate of drug-likeness (QED) is 0.907. The van der Waals surface area contributed by atoms with Gasteiger partial charge in [-0.25, -0.2) is 9.97 Å². The van der Waals surface area contributed by atoms with E-state index in [4.69, 9.17) is 0 Å². The molecule has 5 nitrogen and oxygen atoms in total. The van der Waals surface area contributed by atoms with Crippen molar-refractivity contribution in [1.29, 1.82) is 0 Å². The van der Waals surface area contributed by atoms with Gasteiger partial charge in [0.15, 0.2) is 0 Å². The normalized spacial score (nSPS) is 25.0. The number of aromatic nitrogens is 2. The maximum absolute atomic E-state index is 12.9. The molecule has 1 saturated carbocycles. The molecule has 2 fully saturated rings. The highest BCUT2D eigenvalue weighted by atomic mass is 16.3. The van der Waals surface area contributed by atoms with Crippen molar-refractivity contribution in [2.24, 2.45) is 5.92 Å². The summed E-state index contributed by atoms with van der Waals surface area (Å²) in [5.74, 6) is 1.61. The highest BCUT2D eigenvalue weighted by Crippen LogP contribution is 2.38. The number of amides is 1. The molecule has 0 bridgehead atoms. The van der Waals surface area contributed by atoms with Crippen LogP contribution in [0.25, 0.3) is 0 Å². The van der Waals surface area contributed by atoms with Crippen LogP contribution in [0.2, 0.25) is 0 Å². The smallest absolute Gasteiger partial charge is 0.273 e. The highest BCUT2D eigenvalue weighted by Gasteiger charge is 2.44. The predicted molar refractivity (Wildman–Crippen MR) is 83.5 cm³/mol. The first kappa shape index (κ1) is 15.4. The molecular formula is C17H25N3O2. The van der Waals surface area contributed by atoms with E-state index in [1.807, 2.05) is 4.90 Å². The number of rotatable bonds is 5. The molecule has 1 aromatic rings. The maximum atomic E-state index is 12.9. The van der Waals surface area contributed by atoms with Gasteiger partial charge in [-0.1, -0.05) is 13.8 Å². The Morgan fingerprint density at radius 3 is 2.91 bits per heavy atom. The lowest BCUT2D eigenvalue weighted by molar-refractivity contribution is 0.0327. The Morgan fingerprint density at radius 2 is 2.27 bits per heavy atom. The number of aliphatic hydroxyl groups is 1. The average molecular weight is 303 g/mol. The summed E-state index contributed by atoms with van der Waals surface area (Å²) in [5.41, 5.74) is 0.0519. The average Bonchev–Trinajstić information content (AvgIpc) is 3.28. The Labute approximate surface area is 131 Å². The van der Waals surface area contributed by atoms with Gasteiger partial charge in [0.2, 0.25) is 0 Å². The second-order valence-electron chi connectivity index (χ2n) is 7.12. The van der Waals surface area contributed by atoms with E-state index in [9.17, 15) is 9.90 Å². The Morgan fingerprint density at radius 1 is 1.50 bits per heavy atom. The number of likely N-dealkylation sites (tertiary alicyclic amines) is 1. The molecule has 1 unspecified atom stereocenters. The zero-order valence-electron chi connectivity index (χ0n) is 13.5. The molecule has 1 aromatic heterocycles. The molecule has 1 aliphatic heterocycles. The summed E-state index contributed by atoms with van der Waals surface area (Å²) >= 11 is 0. The number of hydrogen-bond acceptors (Lipinski definition) is 4. The van der Waals surface area contributed by atoms with Crippen LogP contribution in [0.4, 0.5) is 0 Å². The standard InChI is InChI=1S/C17H25N3O2/c1-12(2)10-17(11-21)7-3-9-20(17)16(22)14-6-8-18-15(19-14)13-4-5-13/h6,8,12-13,21H,3-5,7,9-11H2,1-2H3. The molecule has 120 valence electrons. The SMILES string of the molecule is CC(C)CC1(CO)CCCN1C(=O)c1ccnc(C2CC2)n1. The summed E-state index contributed by atoms with van der Waals surface area (Å²) in [6.45, 7) is 4.99. The minimum atomic E-state index is -0.421. The summed E-state index contributed by atoms with van der Waals surface area (Å²) in [6.07, 6.45) is 6.57. The van der Waals surface area contributed by atoms with Crippen molar-refractivity contribution in [1.82, 2.24) is 14.9 Å². The van der Waals surface area contributed by atoms with Gasteiger partial charge in [0, 0.05) is 18.7 Å². The van der Waals surface area contributed by atoms with Crippen LogP contribution in [0, 0.1) is 5.92 Å². The van der Waals surface area contributed by atoms with Gasteiger partial charge in [-0.3, -0.25) is 4.79 Å². The van der Waals surface area contributed by atoms with Crippen LogP contribution in [0.5, 0.6) is 0 Å². The highest BCUT2D eigenvalue weighted by molar-refractivity contribution is 5.93. The molecule has 5 heteroatoms. The van der Waals surface area contributed by atoms with Gasteiger partial charge < -0.3 is 10.0 Å². The summed E-state index contributed by atoms with van der Waals surface area (Å²) in [5, 5.41) is 9.96. The van der Waals surface area contributed by atoms with Gasteiger partial charge in [0.25, 0.3) is 5.91 Å². The molecule has 0 spiro atoms. The first-order chi connectivity index (χ1) is 10.6. The second kappa shape index (κ2) is 5.95. The fraction of sp³-hybridized carbons (Fsp3) is 0.706. The number of carbonyl (C=O) groups excluding carboxylic acids is 1. The van der Waals surface area contributed by atoms with E-state index >= 15 is 0 Å². The van der Waals surface area contributed by atoms with Gasteiger partial charge in [-0.15, -0.1) is 0 Å². The largest absolute Gasteiger partial charge is 0.394 e. The van der Waals surface area contributed by atoms with E-state index in [0.29, 0.717) is 24.1 Å². The van der Waals surface area contributed by atoms with Crippen molar-refractivity contribution in [3.8, 4) is 0 Å².